The van der Waals surface area contributed by atoms with Crippen molar-refractivity contribution in [1.82, 2.24) is 0 Å². The van der Waals surface area contributed by atoms with Crippen LogP contribution in [0.3, 0.4) is 0 Å². The Balaban J connectivity index is 1.74. The number of ether oxygens (including phenoxy) is 2. The molecule has 2 heteroatoms. The van der Waals surface area contributed by atoms with Gasteiger partial charge in [0.15, 0.2) is 6.29 Å². The molecule has 5 atom stereocenters. The largest absolute Gasteiger partial charge is 0.350 e. The van der Waals surface area contributed by atoms with E-state index in [1.807, 2.05) is 0 Å². The summed E-state index contributed by atoms with van der Waals surface area (Å²) in [6.07, 6.45) is 4.33. The van der Waals surface area contributed by atoms with Crippen LogP contribution in [0.5, 0.6) is 0 Å². The molecule has 4 aliphatic rings. The van der Waals surface area contributed by atoms with E-state index in [9.17, 15) is 0 Å². The van der Waals surface area contributed by atoms with E-state index in [1.54, 1.807) is 0 Å². The molecule has 3 aliphatic carbocycles. The molecule has 0 N–H and O–H groups in total. The Morgan fingerprint density at radius 3 is 2.24 bits per heavy atom. The second-order valence-electron chi connectivity index (χ2n) is 6.79. The van der Waals surface area contributed by atoms with Crippen molar-refractivity contribution >= 4 is 0 Å². The van der Waals surface area contributed by atoms with E-state index in [0.29, 0.717) is 5.92 Å². The Hall–Kier alpha value is -0.0800. The van der Waals surface area contributed by atoms with Crippen LogP contribution in [-0.2, 0) is 9.47 Å². The van der Waals surface area contributed by atoms with Crippen molar-refractivity contribution in [3.05, 3.63) is 0 Å². The molecule has 0 amide bonds. The lowest BCUT2D eigenvalue weighted by atomic mass is 9.54. The molecular formula is C15H26O2. The molecule has 0 unspecified atom stereocenters. The van der Waals surface area contributed by atoms with Crippen molar-refractivity contribution in [3.63, 3.8) is 0 Å². The molecule has 4 fully saturated rings. The Morgan fingerprint density at radius 1 is 0.941 bits per heavy atom. The molecule has 1 aliphatic heterocycles. The topological polar surface area (TPSA) is 18.5 Å². The molecule has 0 spiro atoms. The first-order valence-electron chi connectivity index (χ1n) is 7.40. The summed E-state index contributed by atoms with van der Waals surface area (Å²) < 4.78 is 11.5. The fraction of sp³-hybridized carbons (Fsp3) is 1.00. The predicted octanol–water partition coefficient (Wildman–Crippen LogP) is 3.31. The Labute approximate surface area is 105 Å². The van der Waals surface area contributed by atoms with Gasteiger partial charge >= 0.3 is 0 Å². The van der Waals surface area contributed by atoms with Crippen LogP contribution in [0.1, 0.15) is 40.0 Å². The third-order valence-corrected chi connectivity index (χ3v) is 5.53. The van der Waals surface area contributed by atoms with Gasteiger partial charge in [-0.3, -0.25) is 0 Å². The summed E-state index contributed by atoms with van der Waals surface area (Å²) in [5.41, 5.74) is 0. The average molecular weight is 238 g/mol. The highest BCUT2D eigenvalue weighted by Crippen LogP contribution is 2.54. The van der Waals surface area contributed by atoms with Crippen LogP contribution in [0.25, 0.3) is 0 Å². The molecule has 98 valence electrons. The summed E-state index contributed by atoms with van der Waals surface area (Å²) in [7, 11) is 0. The Kier molecular flexibility index (Phi) is 3.20. The highest BCUT2D eigenvalue weighted by atomic mass is 16.7. The van der Waals surface area contributed by atoms with Gasteiger partial charge in [0.05, 0.1) is 13.2 Å². The molecule has 17 heavy (non-hydrogen) atoms. The normalized spacial score (nSPS) is 46.9. The minimum absolute atomic E-state index is 0.123. The van der Waals surface area contributed by atoms with Crippen molar-refractivity contribution < 1.29 is 9.47 Å². The van der Waals surface area contributed by atoms with Crippen LogP contribution >= 0.6 is 0 Å². The van der Waals surface area contributed by atoms with Gasteiger partial charge < -0.3 is 9.47 Å². The van der Waals surface area contributed by atoms with Gasteiger partial charge in [-0.1, -0.05) is 20.8 Å². The highest BCUT2D eigenvalue weighted by molar-refractivity contribution is 4.96. The summed E-state index contributed by atoms with van der Waals surface area (Å²) in [6, 6.07) is 0. The first-order valence-corrected chi connectivity index (χ1v) is 7.40. The van der Waals surface area contributed by atoms with Crippen molar-refractivity contribution in [2.24, 2.45) is 35.5 Å². The van der Waals surface area contributed by atoms with E-state index in [4.69, 9.17) is 9.47 Å². The molecular weight excluding hydrogens is 212 g/mol. The third-order valence-electron chi connectivity index (χ3n) is 5.53. The van der Waals surface area contributed by atoms with Crippen LogP contribution in [0.15, 0.2) is 0 Å². The predicted molar refractivity (Wildman–Crippen MR) is 67.5 cm³/mol. The number of fused-ring (bicyclic) bond motifs is 3. The fourth-order valence-corrected chi connectivity index (χ4v) is 4.71. The van der Waals surface area contributed by atoms with Crippen LogP contribution in [0.2, 0.25) is 0 Å². The summed E-state index contributed by atoms with van der Waals surface area (Å²) >= 11 is 0. The smallest absolute Gasteiger partial charge is 0.160 e. The average Bonchev–Trinajstić information content (AvgIpc) is 2.81. The zero-order valence-electron chi connectivity index (χ0n) is 11.4. The van der Waals surface area contributed by atoms with E-state index < -0.39 is 0 Å². The molecule has 4 rings (SSSR count). The lowest BCUT2D eigenvalue weighted by molar-refractivity contribution is -0.153. The molecule has 0 aromatic heterocycles. The lowest BCUT2D eigenvalue weighted by Crippen LogP contribution is -2.48. The SMILES string of the molecule is CC(C)[C@@H]1C[C@H]2[C@@H](C)C[C@@H]1C[C@H]2C1OCCO1. The van der Waals surface area contributed by atoms with Gasteiger partial charge in [-0.15, -0.1) is 0 Å². The van der Waals surface area contributed by atoms with E-state index in [-0.39, 0.29) is 6.29 Å². The van der Waals surface area contributed by atoms with Gasteiger partial charge in [0, 0.05) is 5.92 Å². The third kappa shape index (κ3) is 2.04. The van der Waals surface area contributed by atoms with Gasteiger partial charge in [-0.25, -0.2) is 0 Å². The van der Waals surface area contributed by atoms with Crippen LogP contribution in [0, 0.1) is 35.5 Å². The summed E-state index contributed by atoms with van der Waals surface area (Å²) in [4.78, 5) is 0. The van der Waals surface area contributed by atoms with E-state index in [2.05, 4.69) is 20.8 Å². The lowest BCUT2D eigenvalue weighted by Gasteiger charge is -2.53. The highest BCUT2D eigenvalue weighted by Gasteiger charge is 2.49. The van der Waals surface area contributed by atoms with Crippen LogP contribution in [0.4, 0.5) is 0 Å². The summed E-state index contributed by atoms with van der Waals surface area (Å²) in [5, 5.41) is 0. The van der Waals surface area contributed by atoms with Crippen molar-refractivity contribution in [2.45, 2.75) is 46.3 Å². The van der Waals surface area contributed by atoms with Gasteiger partial charge in [-0.05, 0) is 48.9 Å². The van der Waals surface area contributed by atoms with Gasteiger partial charge in [0.25, 0.3) is 0 Å². The first-order chi connectivity index (χ1) is 8.16. The standard InChI is InChI=1S/C15H26O2/c1-9(2)12-8-13-10(3)6-11(12)7-14(13)15-16-4-5-17-15/h9-15H,4-8H2,1-3H3/t10-,11+,12-,13-,14+/m0/s1. The Morgan fingerprint density at radius 2 is 1.65 bits per heavy atom. The molecule has 2 nitrogen and oxygen atoms in total. The molecule has 0 radical (unpaired) electrons. The zero-order chi connectivity index (χ0) is 12.0. The second kappa shape index (κ2) is 4.55. The summed E-state index contributed by atoms with van der Waals surface area (Å²) in [5.74, 6) is 5.13. The number of hydrogen-bond donors (Lipinski definition) is 0. The first kappa shape index (κ1) is 12.0. The van der Waals surface area contributed by atoms with Crippen LogP contribution < -0.4 is 0 Å². The molecule has 3 saturated carbocycles. The van der Waals surface area contributed by atoms with Crippen molar-refractivity contribution in [2.75, 3.05) is 13.2 Å². The maximum atomic E-state index is 5.77. The molecule has 2 bridgehead atoms. The number of hydrogen-bond acceptors (Lipinski definition) is 2. The Bertz CT molecular complexity index is 270. The summed E-state index contributed by atoms with van der Waals surface area (Å²) in [6.45, 7) is 8.84. The second-order valence-corrected chi connectivity index (χ2v) is 6.79. The number of rotatable bonds is 2. The van der Waals surface area contributed by atoms with Gasteiger partial charge in [0.2, 0.25) is 0 Å². The molecule has 1 heterocycles. The minimum Gasteiger partial charge on any atom is -0.350 e. The van der Waals surface area contributed by atoms with Crippen LogP contribution in [-0.4, -0.2) is 19.5 Å². The van der Waals surface area contributed by atoms with Crippen molar-refractivity contribution in [3.8, 4) is 0 Å². The van der Waals surface area contributed by atoms with E-state index in [1.165, 1.54) is 19.3 Å². The monoisotopic (exact) mass is 238 g/mol. The molecule has 0 aromatic rings. The fourth-order valence-electron chi connectivity index (χ4n) is 4.71. The van der Waals surface area contributed by atoms with Gasteiger partial charge in [0.1, 0.15) is 0 Å². The maximum Gasteiger partial charge on any atom is 0.160 e. The van der Waals surface area contributed by atoms with E-state index in [0.717, 1.165) is 42.8 Å². The quantitative estimate of drug-likeness (QED) is 0.735. The molecule has 0 aromatic carbocycles. The minimum atomic E-state index is 0.123. The molecule has 1 saturated heterocycles. The van der Waals surface area contributed by atoms with Crippen molar-refractivity contribution in [1.29, 1.82) is 0 Å². The van der Waals surface area contributed by atoms with Gasteiger partial charge in [-0.2, -0.15) is 0 Å². The van der Waals surface area contributed by atoms with E-state index >= 15 is 0 Å². The zero-order valence-corrected chi connectivity index (χ0v) is 11.4. The maximum absolute atomic E-state index is 5.77.